The second-order valence-electron chi connectivity index (χ2n) is 7.33. The van der Waals surface area contributed by atoms with Gasteiger partial charge in [0, 0.05) is 19.2 Å². The summed E-state index contributed by atoms with van der Waals surface area (Å²) in [5.41, 5.74) is 0.287. The molecule has 18 heavy (non-hydrogen) atoms. The van der Waals surface area contributed by atoms with Gasteiger partial charge in [0.1, 0.15) is 0 Å². The van der Waals surface area contributed by atoms with E-state index in [9.17, 15) is 0 Å². The smallest absolute Gasteiger partial charge is 0.0431 e. The van der Waals surface area contributed by atoms with Gasteiger partial charge >= 0.3 is 0 Å². The van der Waals surface area contributed by atoms with Crippen molar-refractivity contribution in [2.75, 3.05) is 13.2 Å². The summed E-state index contributed by atoms with van der Waals surface area (Å²) >= 11 is 0. The molecule has 0 heterocycles. The van der Waals surface area contributed by atoms with Crippen molar-refractivity contribution in [3.8, 4) is 0 Å². The van der Waals surface area contributed by atoms with Gasteiger partial charge in [-0.2, -0.15) is 0 Å². The number of aliphatic hydroxyl groups excluding tert-OH is 1. The summed E-state index contributed by atoms with van der Waals surface area (Å²) in [5.74, 6) is 1.50. The maximum atomic E-state index is 8.92. The summed E-state index contributed by atoms with van der Waals surface area (Å²) in [5, 5.41) is 12.7. The normalized spacial score (nSPS) is 13.0. The van der Waals surface area contributed by atoms with Gasteiger partial charge in [0.2, 0.25) is 0 Å². The Hall–Kier alpha value is -0.0800. The molecule has 0 aromatic rings. The SMILES string of the molecule is CC(C)CC(CC(C)C)NCC(C)(C)CCCO. The first-order valence-corrected chi connectivity index (χ1v) is 7.61. The van der Waals surface area contributed by atoms with Crippen molar-refractivity contribution >= 4 is 0 Å². The first-order valence-electron chi connectivity index (χ1n) is 7.61. The summed E-state index contributed by atoms with van der Waals surface area (Å²) in [7, 11) is 0. The van der Waals surface area contributed by atoms with Crippen LogP contribution in [0.5, 0.6) is 0 Å². The Kier molecular flexibility index (Phi) is 8.89. The zero-order valence-corrected chi connectivity index (χ0v) is 13.4. The molecule has 0 rings (SSSR count). The molecule has 0 aromatic heterocycles. The molecule has 0 atom stereocenters. The van der Waals surface area contributed by atoms with Crippen LogP contribution in [-0.2, 0) is 0 Å². The second-order valence-corrected chi connectivity index (χ2v) is 7.33. The Morgan fingerprint density at radius 1 is 1.00 bits per heavy atom. The molecule has 2 N–H and O–H groups in total. The highest BCUT2D eigenvalue weighted by Crippen LogP contribution is 2.22. The molecule has 0 aliphatic carbocycles. The summed E-state index contributed by atoms with van der Waals surface area (Å²) < 4.78 is 0. The summed E-state index contributed by atoms with van der Waals surface area (Å²) in [6, 6.07) is 0.637. The molecule has 0 spiro atoms. The third-order valence-electron chi connectivity index (χ3n) is 3.39. The first kappa shape index (κ1) is 17.9. The molecule has 0 aliphatic rings. The lowest BCUT2D eigenvalue weighted by Gasteiger charge is -2.30. The van der Waals surface area contributed by atoms with Crippen LogP contribution in [0.3, 0.4) is 0 Å². The molecule has 0 saturated heterocycles. The van der Waals surface area contributed by atoms with Gasteiger partial charge < -0.3 is 10.4 Å². The maximum Gasteiger partial charge on any atom is 0.0431 e. The van der Waals surface area contributed by atoms with Gasteiger partial charge in [-0.15, -0.1) is 0 Å². The standard InChI is InChI=1S/C16H35NO/c1-13(2)10-15(11-14(3)4)17-12-16(5,6)8-7-9-18/h13-15,17-18H,7-12H2,1-6H3. The molecule has 0 bridgehead atoms. The largest absolute Gasteiger partial charge is 0.396 e. The lowest BCUT2D eigenvalue weighted by Crippen LogP contribution is -2.38. The van der Waals surface area contributed by atoms with E-state index in [1.54, 1.807) is 0 Å². The van der Waals surface area contributed by atoms with Crippen molar-refractivity contribution in [1.82, 2.24) is 5.32 Å². The van der Waals surface area contributed by atoms with Gasteiger partial charge in [-0.05, 0) is 42.9 Å². The third-order valence-corrected chi connectivity index (χ3v) is 3.39. The molecule has 0 saturated carbocycles. The van der Waals surface area contributed by atoms with Crippen LogP contribution in [-0.4, -0.2) is 24.3 Å². The summed E-state index contributed by atoms with van der Waals surface area (Å²) in [6.07, 6.45) is 4.52. The number of hydrogen-bond donors (Lipinski definition) is 2. The highest BCUT2D eigenvalue weighted by atomic mass is 16.2. The van der Waals surface area contributed by atoms with Crippen molar-refractivity contribution in [2.24, 2.45) is 17.3 Å². The second kappa shape index (κ2) is 8.92. The van der Waals surface area contributed by atoms with Crippen LogP contribution in [0.15, 0.2) is 0 Å². The zero-order valence-electron chi connectivity index (χ0n) is 13.4. The van der Waals surface area contributed by atoms with Crippen molar-refractivity contribution in [3.05, 3.63) is 0 Å². The van der Waals surface area contributed by atoms with Crippen molar-refractivity contribution in [1.29, 1.82) is 0 Å². The molecule has 2 nitrogen and oxygen atoms in total. The van der Waals surface area contributed by atoms with Crippen molar-refractivity contribution in [3.63, 3.8) is 0 Å². The Morgan fingerprint density at radius 2 is 1.50 bits per heavy atom. The average Bonchev–Trinajstić information content (AvgIpc) is 2.22. The Labute approximate surface area is 115 Å². The van der Waals surface area contributed by atoms with E-state index in [-0.39, 0.29) is 5.41 Å². The molecule has 0 fully saturated rings. The molecule has 0 aliphatic heterocycles. The molecule has 0 unspecified atom stereocenters. The van der Waals surface area contributed by atoms with Crippen molar-refractivity contribution in [2.45, 2.75) is 73.3 Å². The Balaban J connectivity index is 4.14. The minimum absolute atomic E-state index is 0.287. The summed E-state index contributed by atoms with van der Waals surface area (Å²) in [4.78, 5) is 0. The van der Waals surface area contributed by atoms with Crippen LogP contribution >= 0.6 is 0 Å². The van der Waals surface area contributed by atoms with Gasteiger partial charge in [0.15, 0.2) is 0 Å². The molecule has 0 amide bonds. The molecule has 110 valence electrons. The minimum atomic E-state index is 0.287. The zero-order chi connectivity index (χ0) is 14.2. The predicted molar refractivity (Wildman–Crippen MR) is 80.8 cm³/mol. The molecular formula is C16H35NO. The van der Waals surface area contributed by atoms with Crippen LogP contribution in [0.4, 0.5) is 0 Å². The maximum absolute atomic E-state index is 8.92. The van der Waals surface area contributed by atoms with Gasteiger partial charge in [-0.1, -0.05) is 41.5 Å². The van der Waals surface area contributed by atoms with Crippen molar-refractivity contribution < 1.29 is 5.11 Å². The van der Waals surface area contributed by atoms with Gasteiger partial charge in [0.25, 0.3) is 0 Å². The fraction of sp³-hybridized carbons (Fsp3) is 1.00. The van der Waals surface area contributed by atoms with E-state index < -0.39 is 0 Å². The highest BCUT2D eigenvalue weighted by Gasteiger charge is 2.20. The molecule has 0 radical (unpaired) electrons. The Morgan fingerprint density at radius 3 is 1.89 bits per heavy atom. The number of nitrogens with one attached hydrogen (secondary N) is 1. The molecule has 0 aromatic carbocycles. The van der Waals surface area contributed by atoms with Crippen LogP contribution in [0.1, 0.15) is 67.2 Å². The van der Waals surface area contributed by atoms with Gasteiger partial charge in [-0.3, -0.25) is 0 Å². The summed E-state index contributed by atoms with van der Waals surface area (Å²) in [6.45, 7) is 15.1. The highest BCUT2D eigenvalue weighted by molar-refractivity contribution is 4.77. The van der Waals surface area contributed by atoms with Gasteiger partial charge in [0.05, 0.1) is 0 Å². The third kappa shape index (κ3) is 9.90. The van der Waals surface area contributed by atoms with Crippen LogP contribution in [0.2, 0.25) is 0 Å². The van der Waals surface area contributed by atoms with E-state index >= 15 is 0 Å². The van der Waals surface area contributed by atoms with E-state index in [1.165, 1.54) is 12.8 Å². The number of hydrogen-bond acceptors (Lipinski definition) is 2. The van der Waals surface area contributed by atoms with Crippen LogP contribution in [0.25, 0.3) is 0 Å². The first-order chi connectivity index (χ1) is 8.26. The molecular weight excluding hydrogens is 222 g/mol. The predicted octanol–water partition coefficient (Wildman–Crippen LogP) is 3.84. The fourth-order valence-corrected chi connectivity index (χ4v) is 2.47. The van der Waals surface area contributed by atoms with E-state index in [0.717, 1.165) is 31.2 Å². The lowest BCUT2D eigenvalue weighted by molar-refractivity contribution is 0.224. The van der Waals surface area contributed by atoms with E-state index in [0.29, 0.717) is 12.6 Å². The van der Waals surface area contributed by atoms with Crippen LogP contribution in [0, 0.1) is 17.3 Å². The lowest BCUT2D eigenvalue weighted by atomic mass is 9.86. The quantitative estimate of drug-likeness (QED) is 0.623. The average molecular weight is 257 g/mol. The number of aliphatic hydroxyl groups is 1. The van der Waals surface area contributed by atoms with E-state index in [4.69, 9.17) is 5.11 Å². The topological polar surface area (TPSA) is 32.3 Å². The van der Waals surface area contributed by atoms with Crippen LogP contribution < -0.4 is 5.32 Å². The minimum Gasteiger partial charge on any atom is -0.396 e. The van der Waals surface area contributed by atoms with Gasteiger partial charge in [-0.25, -0.2) is 0 Å². The molecule has 2 heteroatoms. The number of rotatable bonds is 10. The van der Waals surface area contributed by atoms with E-state index in [1.807, 2.05) is 0 Å². The Bertz CT molecular complexity index is 189. The fourth-order valence-electron chi connectivity index (χ4n) is 2.47. The van der Waals surface area contributed by atoms with E-state index in [2.05, 4.69) is 46.9 Å². The monoisotopic (exact) mass is 257 g/mol.